The molecule has 0 atom stereocenters. The zero-order chi connectivity index (χ0) is 24.9. The standard InChI is InChI=1S/C23H26N6O4S/c1-15-8-9-19(21-20(15)16(13-24)14-26-21)28-34(32,33)18-7-4-6-17(12-18)27-23(31)22(30)25-10-5-11-29(2)3/h4,6-9,12,14,26,28H,5,10-11H2,1-3H3,(H,25,30)(H,27,31). The van der Waals surface area contributed by atoms with E-state index in [0.717, 1.165) is 12.1 Å². The first kappa shape index (κ1) is 24.8. The van der Waals surface area contributed by atoms with Gasteiger partial charge in [0.2, 0.25) is 0 Å². The summed E-state index contributed by atoms with van der Waals surface area (Å²) in [5.74, 6) is -1.68. The van der Waals surface area contributed by atoms with Crippen molar-refractivity contribution >= 4 is 44.1 Å². The molecule has 0 aliphatic carbocycles. The maximum Gasteiger partial charge on any atom is 0.313 e. The SMILES string of the molecule is Cc1ccc(NS(=O)(=O)c2cccc(NC(=O)C(=O)NCCCN(C)C)c2)c2[nH]cc(C#N)c12. The average molecular weight is 483 g/mol. The molecule has 3 aromatic rings. The lowest BCUT2D eigenvalue weighted by atomic mass is 10.1. The summed E-state index contributed by atoms with van der Waals surface area (Å²) in [5.41, 5.74) is 2.19. The zero-order valence-corrected chi connectivity index (χ0v) is 19.9. The number of sulfonamides is 1. The van der Waals surface area contributed by atoms with E-state index in [2.05, 4.69) is 26.4 Å². The molecule has 0 saturated carbocycles. The molecule has 0 aliphatic heterocycles. The smallest absolute Gasteiger partial charge is 0.313 e. The molecule has 0 saturated heterocycles. The molecule has 10 nitrogen and oxygen atoms in total. The van der Waals surface area contributed by atoms with Gasteiger partial charge in [0.1, 0.15) is 6.07 Å². The van der Waals surface area contributed by atoms with Gasteiger partial charge in [0.05, 0.1) is 21.7 Å². The Labute approximate surface area is 198 Å². The van der Waals surface area contributed by atoms with E-state index in [9.17, 15) is 23.3 Å². The van der Waals surface area contributed by atoms with E-state index in [1.807, 2.05) is 25.9 Å². The van der Waals surface area contributed by atoms with Crippen LogP contribution in [-0.4, -0.2) is 57.3 Å². The second-order valence-corrected chi connectivity index (χ2v) is 9.68. The van der Waals surface area contributed by atoms with Crippen LogP contribution in [0.25, 0.3) is 10.9 Å². The van der Waals surface area contributed by atoms with E-state index in [0.29, 0.717) is 29.4 Å². The summed E-state index contributed by atoms with van der Waals surface area (Å²) in [6, 6.07) is 11.0. The molecule has 0 spiro atoms. The second kappa shape index (κ2) is 10.4. The largest absolute Gasteiger partial charge is 0.358 e. The van der Waals surface area contributed by atoms with Gasteiger partial charge in [0.15, 0.2) is 0 Å². The number of nitrogens with one attached hydrogen (secondary N) is 4. The summed E-state index contributed by atoms with van der Waals surface area (Å²) in [4.78, 5) is 29.0. The van der Waals surface area contributed by atoms with Crippen LogP contribution in [0.5, 0.6) is 0 Å². The Balaban J connectivity index is 1.74. The number of aromatic nitrogens is 1. The van der Waals surface area contributed by atoms with Gasteiger partial charge >= 0.3 is 11.8 Å². The van der Waals surface area contributed by atoms with E-state index in [1.165, 1.54) is 30.5 Å². The number of nitriles is 1. The Bertz CT molecular complexity index is 1370. The topological polar surface area (TPSA) is 147 Å². The number of aryl methyl sites for hydroxylation is 1. The summed E-state index contributed by atoms with van der Waals surface area (Å²) in [5, 5.41) is 14.9. The number of hydrogen-bond donors (Lipinski definition) is 4. The van der Waals surface area contributed by atoms with Crippen molar-refractivity contribution in [2.24, 2.45) is 0 Å². The van der Waals surface area contributed by atoms with Crippen LogP contribution in [0.2, 0.25) is 0 Å². The third kappa shape index (κ3) is 5.72. The first-order valence-corrected chi connectivity index (χ1v) is 12.0. The molecule has 4 N–H and O–H groups in total. The Morgan fingerprint density at radius 3 is 2.62 bits per heavy atom. The quantitative estimate of drug-likeness (QED) is 0.286. The second-order valence-electron chi connectivity index (χ2n) is 7.99. The molecule has 0 bridgehead atoms. The van der Waals surface area contributed by atoms with Crippen molar-refractivity contribution in [2.75, 3.05) is 37.2 Å². The van der Waals surface area contributed by atoms with Crippen LogP contribution in [0, 0.1) is 18.3 Å². The molecule has 2 aromatic carbocycles. The van der Waals surface area contributed by atoms with Crippen molar-refractivity contribution in [3.63, 3.8) is 0 Å². The third-order valence-electron chi connectivity index (χ3n) is 5.08. The average Bonchev–Trinajstić information content (AvgIpc) is 3.24. The highest BCUT2D eigenvalue weighted by molar-refractivity contribution is 7.92. The Kier molecular flexibility index (Phi) is 7.55. The van der Waals surface area contributed by atoms with Gasteiger partial charge < -0.3 is 20.5 Å². The van der Waals surface area contributed by atoms with Crippen molar-refractivity contribution in [2.45, 2.75) is 18.2 Å². The minimum Gasteiger partial charge on any atom is -0.358 e. The molecule has 1 aromatic heterocycles. The molecule has 0 aliphatic rings. The predicted molar refractivity (Wildman–Crippen MR) is 130 cm³/mol. The van der Waals surface area contributed by atoms with Crippen LogP contribution in [0.15, 0.2) is 47.5 Å². The highest BCUT2D eigenvalue weighted by atomic mass is 32.2. The number of aromatic amines is 1. The summed E-state index contributed by atoms with van der Waals surface area (Å²) in [7, 11) is -0.208. The number of anilines is 2. The zero-order valence-electron chi connectivity index (χ0n) is 19.1. The Morgan fingerprint density at radius 1 is 1.15 bits per heavy atom. The van der Waals surface area contributed by atoms with Gasteiger partial charge in [-0.1, -0.05) is 12.1 Å². The molecule has 3 rings (SSSR count). The first-order chi connectivity index (χ1) is 16.1. The van der Waals surface area contributed by atoms with Gasteiger partial charge in [-0.25, -0.2) is 8.42 Å². The predicted octanol–water partition coefficient (Wildman–Crippen LogP) is 2.16. The van der Waals surface area contributed by atoms with Crippen molar-refractivity contribution in [3.8, 4) is 6.07 Å². The lowest BCUT2D eigenvalue weighted by Gasteiger charge is -2.12. The number of hydrogen-bond acceptors (Lipinski definition) is 6. The van der Waals surface area contributed by atoms with Crippen molar-refractivity contribution in [3.05, 3.63) is 53.7 Å². The Morgan fingerprint density at radius 2 is 1.91 bits per heavy atom. The fourth-order valence-electron chi connectivity index (χ4n) is 3.40. The monoisotopic (exact) mass is 482 g/mol. The number of carbonyl (C=O) groups is 2. The van der Waals surface area contributed by atoms with Gasteiger partial charge in [0, 0.05) is 23.8 Å². The highest BCUT2D eigenvalue weighted by Crippen LogP contribution is 2.30. The maximum absolute atomic E-state index is 13.0. The molecule has 0 radical (unpaired) electrons. The maximum atomic E-state index is 13.0. The molecule has 2 amide bonds. The van der Waals surface area contributed by atoms with Gasteiger partial charge in [-0.15, -0.1) is 0 Å². The Hall–Kier alpha value is -3.88. The van der Waals surface area contributed by atoms with E-state index in [-0.39, 0.29) is 16.3 Å². The van der Waals surface area contributed by atoms with E-state index in [1.54, 1.807) is 12.1 Å². The van der Waals surface area contributed by atoms with Crippen LogP contribution in [0.1, 0.15) is 17.5 Å². The molecule has 11 heteroatoms. The van der Waals surface area contributed by atoms with Gasteiger partial charge in [-0.05, 0) is 63.8 Å². The molecule has 1 heterocycles. The fourth-order valence-corrected chi connectivity index (χ4v) is 4.52. The normalized spacial score (nSPS) is 11.3. The number of amides is 2. The summed E-state index contributed by atoms with van der Waals surface area (Å²) in [6.45, 7) is 2.95. The molecule has 0 unspecified atom stereocenters. The fraction of sp³-hybridized carbons (Fsp3) is 0.261. The van der Waals surface area contributed by atoms with E-state index in [4.69, 9.17) is 0 Å². The van der Waals surface area contributed by atoms with Crippen molar-refractivity contribution < 1.29 is 18.0 Å². The van der Waals surface area contributed by atoms with Gasteiger partial charge in [0.25, 0.3) is 10.0 Å². The van der Waals surface area contributed by atoms with Gasteiger partial charge in [-0.2, -0.15) is 5.26 Å². The van der Waals surface area contributed by atoms with Crippen molar-refractivity contribution in [1.29, 1.82) is 5.26 Å². The third-order valence-corrected chi connectivity index (χ3v) is 6.45. The minimum absolute atomic E-state index is 0.0996. The lowest BCUT2D eigenvalue weighted by molar-refractivity contribution is -0.136. The summed E-state index contributed by atoms with van der Waals surface area (Å²) < 4.78 is 28.6. The molecular formula is C23H26N6O4S. The molecule has 178 valence electrons. The van der Waals surface area contributed by atoms with Crippen LogP contribution in [0.3, 0.4) is 0 Å². The van der Waals surface area contributed by atoms with Gasteiger partial charge in [-0.3, -0.25) is 14.3 Å². The van der Waals surface area contributed by atoms with Crippen LogP contribution >= 0.6 is 0 Å². The number of benzene rings is 2. The number of H-pyrrole nitrogens is 1. The number of carbonyl (C=O) groups excluding carboxylic acids is 2. The van der Waals surface area contributed by atoms with E-state index < -0.39 is 21.8 Å². The van der Waals surface area contributed by atoms with Crippen LogP contribution in [-0.2, 0) is 19.6 Å². The van der Waals surface area contributed by atoms with Crippen molar-refractivity contribution in [1.82, 2.24) is 15.2 Å². The van der Waals surface area contributed by atoms with Crippen LogP contribution in [0.4, 0.5) is 11.4 Å². The minimum atomic E-state index is -4.03. The summed E-state index contributed by atoms with van der Waals surface area (Å²) >= 11 is 0. The molecule has 0 fully saturated rings. The van der Waals surface area contributed by atoms with Crippen LogP contribution < -0.4 is 15.4 Å². The number of rotatable bonds is 8. The highest BCUT2D eigenvalue weighted by Gasteiger charge is 2.19. The lowest BCUT2D eigenvalue weighted by Crippen LogP contribution is -2.36. The summed E-state index contributed by atoms with van der Waals surface area (Å²) in [6.07, 6.45) is 2.21. The number of fused-ring (bicyclic) bond motifs is 1. The first-order valence-electron chi connectivity index (χ1n) is 10.5. The van der Waals surface area contributed by atoms with E-state index >= 15 is 0 Å². The molecular weight excluding hydrogens is 456 g/mol. The molecule has 34 heavy (non-hydrogen) atoms. The number of nitrogens with zero attached hydrogens (tertiary/aromatic N) is 2.